The smallest absolute Gasteiger partial charge is 0.303 e. The van der Waals surface area contributed by atoms with E-state index in [-0.39, 0.29) is 12.3 Å². The number of anilines is 1. The monoisotopic (exact) mass is 288 g/mol. The van der Waals surface area contributed by atoms with Gasteiger partial charge in [-0.3, -0.25) is 14.3 Å². The van der Waals surface area contributed by atoms with Crippen molar-refractivity contribution in [1.29, 1.82) is 0 Å². The third-order valence-corrected chi connectivity index (χ3v) is 2.91. The maximum absolute atomic E-state index is 11.8. The number of nitrogens with one attached hydrogen (secondary N) is 1. The molecule has 0 unspecified atom stereocenters. The van der Waals surface area contributed by atoms with Crippen LogP contribution < -0.4 is 5.32 Å². The summed E-state index contributed by atoms with van der Waals surface area (Å²) in [5.74, 6) is -0.927. The third-order valence-electron chi connectivity index (χ3n) is 2.91. The molecule has 21 heavy (non-hydrogen) atoms. The van der Waals surface area contributed by atoms with E-state index in [2.05, 4.69) is 15.6 Å². The van der Waals surface area contributed by atoms with E-state index in [9.17, 15) is 9.59 Å². The van der Waals surface area contributed by atoms with Crippen LogP contribution in [0.3, 0.4) is 0 Å². The summed E-state index contributed by atoms with van der Waals surface area (Å²) in [6.45, 7) is 0.475. The van der Waals surface area contributed by atoms with Crippen molar-refractivity contribution >= 4 is 17.6 Å². The lowest BCUT2D eigenvalue weighted by Gasteiger charge is -2.06. The summed E-state index contributed by atoms with van der Waals surface area (Å²) in [4.78, 5) is 22.2. The molecule has 7 nitrogen and oxygen atoms in total. The van der Waals surface area contributed by atoms with E-state index in [4.69, 9.17) is 5.11 Å². The highest BCUT2D eigenvalue weighted by Crippen LogP contribution is 2.11. The first-order valence-electron chi connectivity index (χ1n) is 6.58. The Balaban J connectivity index is 1.79. The number of aryl methyl sites for hydroxylation is 2. The molecule has 1 aromatic heterocycles. The predicted molar refractivity (Wildman–Crippen MR) is 75.7 cm³/mol. The Kier molecular flexibility index (Phi) is 5.03. The van der Waals surface area contributed by atoms with Crippen LogP contribution >= 0.6 is 0 Å². The summed E-state index contributed by atoms with van der Waals surface area (Å²) in [5.41, 5.74) is 1.62. The van der Waals surface area contributed by atoms with Crippen LogP contribution in [0.15, 0.2) is 36.7 Å². The number of nitrogens with zero attached hydrogens (tertiary/aromatic N) is 3. The summed E-state index contributed by atoms with van der Waals surface area (Å²) in [5, 5.41) is 18.8. The number of benzene rings is 1. The second-order valence-corrected chi connectivity index (χ2v) is 4.55. The van der Waals surface area contributed by atoms with Crippen LogP contribution in [0, 0.1) is 0 Å². The number of hydrogen-bond donors (Lipinski definition) is 2. The Bertz CT molecular complexity index is 593. The molecule has 0 atom stereocenters. The van der Waals surface area contributed by atoms with E-state index in [1.54, 1.807) is 29.2 Å². The van der Waals surface area contributed by atoms with Gasteiger partial charge in [0.25, 0.3) is 0 Å². The third kappa shape index (κ3) is 5.06. The van der Waals surface area contributed by atoms with E-state index < -0.39 is 5.97 Å². The first-order valence-corrected chi connectivity index (χ1v) is 6.58. The SMILES string of the molecule is O=C(O)CCc1ccc(NC(=O)CCn2ccnn2)cc1. The molecule has 0 aliphatic carbocycles. The fourth-order valence-corrected chi connectivity index (χ4v) is 1.80. The maximum Gasteiger partial charge on any atom is 0.303 e. The maximum atomic E-state index is 11.8. The van der Waals surface area contributed by atoms with E-state index >= 15 is 0 Å². The van der Waals surface area contributed by atoms with Gasteiger partial charge in [0.15, 0.2) is 0 Å². The van der Waals surface area contributed by atoms with Gasteiger partial charge >= 0.3 is 5.97 Å². The summed E-state index contributed by atoms with van der Waals surface area (Å²) in [6, 6.07) is 7.17. The van der Waals surface area contributed by atoms with Gasteiger partial charge < -0.3 is 10.4 Å². The molecular weight excluding hydrogens is 272 g/mol. The largest absolute Gasteiger partial charge is 0.481 e. The van der Waals surface area contributed by atoms with Gasteiger partial charge in [-0.25, -0.2) is 0 Å². The van der Waals surface area contributed by atoms with E-state index in [0.29, 0.717) is 25.1 Å². The first kappa shape index (κ1) is 14.7. The number of rotatable bonds is 7. The number of aliphatic carboxylic acids is 1. The highest BCUT2D eigenvalue weighted by Gasteiger charge is 2.04. The van der Waals surface area contributed by atoms with E-state index in [1.807, 2.05) is 12.1 Å². The zero-order valence-electron chi connectivity index (χ0n) is 11.4. The fourth-order valence-electron chi connectivity index (χ4n) is 1.80. The molecule has 0 aliphatic heterocycles. The topological polar surface area (TPSA) is 97.1 Å². The van der Waals surface area contributed by atoms with Crippen LogP contribution in [-0.2, 0) is 22.6 Å². The summed E-state index contributed by atoms with van der Waals surface area (Å²) in [6.07, 6.45) is 4.15. The molecule has 0 radical (unpaired) electrons. The van der Waals surface area contributed by atoms with Gasteiger partial charge in [-0.1, -0.05) is 17.3 Å². The van der Waals surface area contributed by atoms with Crippen molar-refractivity contribution in [3.05, 3.63) is 42.2 Å². The minimum atomic E-state index is -0.819. The van der Waals surface area contributed by atoms with Crippen LogP contribution in [0.25, 0.3) is 0 Å². The molecule has 0 aliphatic rings. The van der Waals surface area contributed by atoms with Crippen LogP contribution in [0.5, 0.6) is 0 Å². The van der Waals surface area contributed by atoms with E-state index in [0.717, 1.165) is 5.56 Å². The fraction of sp³-hybridized carbons (Fsp3) is 0.286. The molecule has 1 aromatic carbocycles. The number of carboxylic acids is 1. The van der Waals surface area contributed by atoms with Crippen molar-refractivity contribution in [1.82, 2.24) is 15.0 Å². The molecule has 0 fully saturated rings. The quantitative estimate of drug-likeness (QED) is 0.801. The Morgan fingerprint density at radius 3 is 2.57 bits per heavy atom. The van der Waals surface area contributed by atoms with Gasteiger partial charge in [-0.05, 0) is 24.1 Å². The van der Waals surface area contributed by atoms with Crippen molar-refractivity contribution < 1.29 is 14.7 Å². The lowest BCUT2D eigenvalue weighted by Crippen LogP contribution is -2.14. The van der Waals surface area contributed by atoms with Crippen LogP contribution in [-0.4, -0.2) is 32.0 Å². The lowest BCUT2D eigenvalue weighted by molar-refractivity contribution is -0.137. The Morgan fingerprint density at radius 2 is 1.95 bits per heavy atom. The Morgan fingerprint density at radius 1 is 1.19 bits per heavy atom. The van der Waals surface area contributed by atoms with Gasteiger partial charge in [0.05, 0.1) is 12.7 Å². The number of carbonyl (C=O) groups excluding carboxylic acids is 1. The van der Waals surface area contributed by atoms with Crippen molar-refractivity contribution in [2.75, 3.05) is 5.32 Å². The minimum Gasteiger partial charge on any atom is -0.481 e. The van der Waals surface area contributed by atoms with Crippen LogP contribution in [0.4, 0.5) is 5.69 Å². The van der Waals surface area contributed by atoms with Crippen LogP contribution in [0.2, 0.25) is 0 Å². The molecular formula is C14H16N4O3. The summed E-state index contributed by atoms with van der Waals surface area (Å²) >= 11 is 0. The molecule has 0 saturated carbocycles. The second-order valence-electron chi connectivity index (χ2n) is 4.55. The number of hydrogen-bond acceptors (Lipinski definition) is 4. The number of aromatic nitrogens is 3. The average molecular weight is 288 g/mol. The lowest BCUT2D eigenvalue weighted by atomic mass is 10.1. The number of amides is 1. The van der Waals surface area contributed by atoms with Crippen molar-refractivity contribution in [2.45, 2.75) is 25.8 Å². The normalized spacial score (nSPS) is 10.3. The average Bonchev–Trinajstić information content (AvgIpc) is 2.98. The number of carboxylic acid groups (broad SMARTS) is 1. The second kappa shape index (κ2) is 7.18. The Labute approximate surface area is 121 Å². The molecule has 1 heterocycles. The van der Waals surface area contributed by atoms with Crippen molar-refractivity contribution in [3.63, 3.8) is 0 Å². The molecule has 1 amide bonds. The molecule has 0 spiro atoms. The van der Waals surface area contributed by atoms with Gasteiger partial charge in [-0.15, -0.1) is 5.10 Å². The van der Waals surface area contributed by atoms with Gasteiger partial charge in [-0.2, -0.15) is 0 Å². The van der Waals surface area contributed by atoms with Crippen molar-refractivity contribution in [2.24, 2.45) is 0 Å². The molecule has 2 aromatic rings. The van der Waals surface area contributed by atoms with E-state index in [1.165, 1.54) is 0 Å². The standard InChI is InChI=1S/C14H16N4O3/c19-13(7-9-18-10-8-15-17-18)16-12-4-1-11(2-5-12)3-6-14(20)21/h1-2,4-5,8,10H,3,6-7,9H2,(H,16,19)(H,20,21). The molecule has 2 rings (SSSR count). The first-order chi connectivity index (χ1) is 10.1. The molecule has 7 heteroatoms. The predicted octanol–water partition coefficient (Wildman–Crippen LogP) is 1.32. The summed E-state index contributed by atoms with van der Waals surface area (Å²) in [7, 11) is 0. The highest BCUT2D eigenvalue weighted by atomic mass is 16.4. The summed E-state index contributed by atoms with van der Waals surface area (Å²) < 4.78 is 1.59. The molecule has 0 bridgehead atoms. The minimum absolute atomic E-state index is 0.101. The van der Waals surface area contributed by atoms with Gasteiger partial charge in [0.1, 0.15) is 0 Å². The highest BCUT2D eigenvalue weighted by molar-refractivity contribution is 5.90. The van der Waals surface area contributed by atoms with Crippen LogP contribution in [0.1, 0.15) is 18.4 Å². The van der Waals surface area contributed by atoms with Gasteiger partial charge in [0.2, 0.25) is 5.91 Å². The molecule has 0 saturated heterocycles. The zero-order valence-corrected chi connectivity index (χ0v) is 11.4. The molecule has 110 valence electrons. The molecule has 2 N–H and O–H groups in total. The Hall–Kier alpha value is -2.70. The van der Waals surface area contributed by atoms with Gasteiger partial charge in [0, 0.05) is 24.7 Å². The van der Waals surface area contributed by atoms with Crippen molar-refractivity contribution in [3.8, 4) is 0 Å². The number of carbonyl (C=O) groups is 2. The zero-order chi connectivity index (χ0) is 15.1.